The Labute approximate surface area is 116 Å². The van der Waals surface area contributed by atoms with Crippen LogP contribution in [0.15, 0.2) is 18.2 Å². The minimum absolute atomic E-state index is 0.102. The number of hydrogen-bond acceptors (Lipinski definition) is 3. The molecule has 1 aliphatic rings. The predicted octanol–water partition coefficient (Wildman–Crippen LogP) is 2.94. The molecule has 1 fully saturated rings. The second-order valence-electron chi connectivity index (χ2n) is 4.47. The highest BCUT2D eigenvalue weighted by atomic mass is 35.5. The fraction of sp³-hybridized carbons (Fsp3) is 0.462. The molecular formula is C13H17ClN2OS. The van der Waals surface area contributed by atoms with Gasteiger partial charge in [0, 0.05) is 28.1 Å². The lowest BCUT2D eigenvalue weighted by Gasteiger charge is -2.21. The van der Waals surface area contributed by atoms with E-state index in [1.54, 1.807) is 18.2 Å². The lowest BCUT2D eigenvalue weighted by Crippen LogP contribution is -2.31. The number of nitrogens with two attached hydrogens (primary N) is 1. The van der Waals surface area contributed by atoms with Gasteiger partial charge in [0.2, 0.25) is 0 Å². The Morgan fingerprint density at radius 2 is 2.28 bits per heavy atom. The van der Waals surface area contributed by atoms with E-state index in [0.29, 0.717) is 21.5 Å². The minimum atomic E-state index is -0.102. The molecule has 1 unspecified atom stereocenters. The molecule has 1 amide bonds. The van der Waals surface area contributed by atoms with Crippen LogP contribution in [-0.4, -0.2) is 23.5 Å². The number of thioether (sulfide) groups is 1. The van der Waals surface area contributed by atoms with Crippen molar-refractivity contribution in [2.75, 3.05) is 18.0 Å². The number of anilines is 1. The van der Waals surface area contributed by atoms with Crippen molar-refractivity contribution in [2.24, 2.45) is 0 Å². The van der Waals surface area contributed by atoms with Crippen LogP contribution in [0.5, 0.6) is 0 Å². The Balaban J connectivity index is 1.90. The summed E-state index contributed by atoms with van der Waals surface area (Å²) in [6, 6.07) is 4.92. The zero-order valence-electron chi connectivity index (χ0n) is 10.1. The second-order valence-corrected chi connectivity index (χ2v) is 6.32. The summed E-state index contributed by atoms with van der Waals surface area (Å²) in [4.78, 5) is 12.0. The predicted molar refractivity (Wildman–Crippen MR) is 78.3 cm³/mol. The Morgan fingerprint density at radius 3 is 2.94 bits per heavy atom. The quantitative estimate of drug-likeness (QED) is 0.839. The summed E-state index contributed by atoms with van der Waals surface area (Å²) < 4.78 is 0. The number of hydrogen-bond donors (Lipinski definition) is 2. The van der Waals surface area contributed by atoms with E-state index in [2.05, 4.69) is 5.32 Å². The number of halogens is 1. The molecular weight excluding hydrogens is 268 g/mol. The van der Waals surface area contributed by atoms with Gasteiger partial charge in [0.25, 0.3) is 5.91 Å². The van der Waals surface area contributed by atoms with Crippen molar-refractivity contribution < 1.29 is 4.79 Å². The maximum atomic E-state index is 12.0. The first-order valence-corrected chi connectivity index (χ1v) is 7.53. The number of nitrogen functional groups attached to an aromatic ring is 1. The molecule has 1 aromatic rings. The van der Waals surface area contributed by atoms with Gasteiger partial charge in [0.1, 0.15) is 0 Å². The molecule has 1 aromatic carbocycles. The van der Waals surface area contributed by atoms with Crippen LogP contribution in [0.2, 0.25) is 5.02 Å². The van der Waals surface area contributed by atoms with Gasteiger partial charge in [-0.25, -0.2) is 0 Å². The van der Waals surface area contributed by atoms with Crippen LogP contribution in [0.1, 0.15) is 29.6 Å². The summed E-state index contributed by atoms with van der Waals surface area (Å²) in [6.07, 6.45) is 3.74. The van der Waals surface area contributed by atoms with E-state index >= 15 is 0 Å². The highest BCUT2D eigenvalue weighted by Crippen LogP contribution is 2.24. The van der Waals surface area contributed by atoms with Crippen LogP contribution >= 0.6 is 23.4 Å². The van der Waals surface area contributed by atoms with Gasteiger partial charge >= 0.3 is 0 Å². The Hall–Kier alpha value is -0.870. The smallest absolute Gasteiger partial charge is 0.251 e. The standard InChI is InChI=1S/C13H17ClN2OS/c14-10-5-9(6-11(15)7-10)13(17)16-8-12-3-1-2-4-18-12/h5-7,12H,1-4,8,15H2,(H,16,17). The first-order valence-electron chi connectivity index (χ1n) is 6.11. The van der Waals surface area contributed by atoms with E-state index in [1.807, 2.05) is 11.8 Å². The van der Waals surface area contributed by atoms with Gasteiger partial charge in [-0.1, -0.05) is 18.0 Å². The molecule has 0 spiro atoms. The molecule has 5 heteroatoms. The van der Waals surface area contributed by atoms with Crippen molar-refractivity contribution in [3.63, 3.8) is 0 Å². The average Bonchev–Trinajstić information content (AvgIpc) is 2.36. The number of nitrogens with one attached hydrogen (secondary N) is 1. The van der Waals surface area contributed by atoms with Gasteiger partial charge in [-0.15, -0.1) is 0 Å². The monoisotopic (exact) mass is 284 g/mol. The van der Waals surface area contributed by atoms with E-state index in [4.69, 9.17) is 17.3 Å². The Morgan fingerprint density at radius 1 is 1.44 bits per heavy atom. The van der Waals surface area contributed by atoms with E-state index in [1.165, 1.54) is 25.0 Å². The minimum Gasteiger partial charge on any atom is -0.399 e. The number of rotatable bonds is 3. The van der Waals surface area contributed by atoms with E-state index in [-0.39, 0.29) is 5.91 Å². The number of benzene rings is 1. The molecule has 1 heterocycles. The SMILES string of the molecule is Nc1cc(Cl)cc(C(=O)NCC2CCCCS2)c1. The topological polar surface area (TPSA) is 55.1 Å². The molecule has 2 rings (SSSR count). The lowest BCUT2D eigenvalue weighted by atomic mass is 10.1. The summed E-state index contributed by atoms with van der Waals surface area (Å²) in [5, 5.41) is 3.98. The fourth-order valence-electron chi connectivity index (χ4n) is 2.02. The zero-order valence-corrected chi connectivity index (χ0v) is 11.7. The molecule has 1 saturated heterocycles. The van der Waals surface area contributed by atoms with Gasteiger partial charge in [-0.2, -0.15) is 11.8 Å². The second kappa shape index (κ2) is 6.34. The van der Waals surface area contributed by atoms with Crippen LogP contribution in [0.25, 0.3) is 0 Å². The van der Waals surface area contributed by atoms with Gasteiger partial charge in [0.15, 0.2) is 0 Å². The van der Waals surface area contributed by atoms with Gasteiger partial charge < -0.3 is 11.1 Å². The van der Waals surface area contributed by atoms with Crippen LogP contribution in [-0.2, 0) is 0 Å². The highest BCUT2D eigenvalue weighted by Gasteiger charge is 2.15. The molecule has 1 atom stereocenters. The normalized spacial score (nSPS) is 19.5. The first kappa shape index (κ1) is 13.6. The van der Waals surface area contributed by atoms with Crippen molar-refractivity contribution >= 4 is 35.0 Å². The van der Waals surface area contributed by atoms with Crippen molar-refractivity contribution in [1.29, 1.82) is 0 Å². The highest BCUT2D eigenvalue weighted by molar-refractivity contribution is 7.99. The van der Waals surface area contributed by atoms with Crippen molar-refractivity contribution in [1.82, 2.24) is 5.32 Å². The summed E-state index contributed by atoms with van der Waals surface area (Å²) in [5.74, 6) is 1.10. The van der Waals surface area contributed by atoms with E-state index in [9.17, 15) is 4.79 Å². The van der Waals surface area contributed by atoms with Crippen molar-refractivity contribution in [3.05, 3.63) is 28.8 Å². The maximum absolute atomic E-state index is 12.0. The molecule has 3 nitrogen and oxygen atoms in total. The molecule has 0 saturated carbocycles. The zero-order chi connectivity index (χ0) is 13.0. The third-order valence-corrected chi connectivity index (χ3v) is 4.56. The van der Waals surface area contributed by atoms with Crippen LogP contribution < -0.4 is 11.1 Å². The summed E-state index contributed by atoms with van der Waals surface area (Å²) in [6.45, 7) is 0.718. The Kier molecular flexibility index (Phi) is 4.78. The Bertz CT molecular complexity index is 413. The molecule has 98 valence electrons. The largest absolute Gasteiger partial charge is 0.399 e. The number of amides is 1. The van der Waals surface area contributed by atoms with Crippen molar-refractivity contribution in [3.8, 4) is 0 Å². The van der Waals surface area contributed by atoms with Gasteiger partial charge in [-0.05, 0) is 36.8 Å². The van der Waals surface area contributed by atoms with E-state index in [0.717, 1.165) is 6.54 Å². The van der Waals surface area contributed by atoms with E-state index < -0.39 is 0 Å². The molecule has 3 N–H and O–H groups in total. The number of carbonyl (C=O) groups is 1. The van der Waals surface area contributed by atoms with Crippen LogP contribution in [0.4, 0.5) is 5.69 Å². The summed E-state index contributed by atoms with van der Waals surface area (Å²) >= 11 is 7.82. The fourth-order valence-corrected chi connectivity index (χ4v) is 3.50. The van der Waals surface area contributed by atoms with Crippen LogP contribution in [0.3, 0.4) is 0 Å². The molecule has 1 aliphatic heterocycles. The maximum Gasteiger partial charge on any atom is 0.251 e. The number of carbonyl (C=O) groups excluding carboxylic acids is 1. The molecule has 0 aliphatic carbocycles. The third-order valence-electron chi connectivity index (χ3n) is 2.95. The first-order chi connectivity index (χ1) is 8.65. The molecule has 0 aromatic heterocycles. The molecule has 18 heavy (non-hydrogen) atoms. The average molecular weight is 285 g/mol. The van der Waals surface area contributed by atoms with Crippen LogP contribution in [0, 0.1) is 0 Å². The summed E-state index contributed by atoms with van der Waals surface area (Å²) in [5.41, 5.74) is 6.71. The molecule has 0 radical (unpaired) electrons. The van der Waals surface area contributed by atoms with Crippen molar-refractivity contribution in [2.45, 2.75) is 24.5 Å². The van der Waals surface area contributed by atoms with Gasteiger partial charge in [0.05, 0.1) is 0 Å². The molecule has 0 bridgehead atoms. The van der Waals surface area contributed by atoms with Gasteiger partial charge in [-0.3, -0.25) is 4.79 Å². The summed E-state index contributed by atoms with van der Waals surface area (Å²) in [7, 11) is 0. The lowest BCUT2D eigenvalue weighted by molar-refractivity contribution is 0.0953. The third kappa shape index (κ3) is 3.82.